The average Bonchev–Trinajstić information content (AvgIpc) is 2.74. The Bertz CT molecular complexity index is 554. The van der Waals surface area contributed by atoms with Crippen molar-refractivity contribution >= 4 is 11.4 Å². The number of anilines is 2. The molecule has 0 amide bonds. The molecule has 0 unspecified atom stereocenters. The quantitative estimate of drug-likeness (QED) is 0.816. The lowest BCUT2D eigenvalue weighted by atomic mass is 10.2. The van der Waals surface area contributed by atoms with E-state index in [-0.39, 0.29) is 5.75 Å². The van der Waals surface area contributed by atoms with Gasteiger partial charge >= 0.3 is 0 Å². The lowest BCUT2D eigenvalue weighted by Gasteiger charge is -2.10. The number of nitrogens with one attached hydrogen (secondary N) is 1. The van der Waals surface area contributed by atoms with Crippen molar-refractivity contribution in [1.29, 1.82) is 0 Å². The molecule has 0 bridgehead atoms. The Morgan fingerprint density at radius 1 is 1.44 bits per heavy atom. The van der Waals surface area contributed by atoms with Gasteiger partial charge in [-0.3, -0.25) is 0 Å². The fraction of sp³-hybridized carbons (Fsp3) is 0.250. The van der Waals surface area contributed by atoms with Crippen molar-refractivity contribution in [2.75, 3.05) is 18.2 Å². The molecule has 0 aliphatic carbocycles. The second kappa shape index (κ2) is 4.95. The van der Waals surface area contributed by atoms with Gasteiger partial charge in [-0.1, -0.05) is 5.16 Å². The van der Waals surface area contributed by atoms with Crippen LogP contribution >= 0.6 is 0 Å². The lowest BCUT2D eigenvalue weighted by Crippen LogP contribution is -2.04. The maximum Gasteiger partial charge on any atom is 0.167 e. The van der Waals surface area contributed by atoms with Crippen LogP contribution in [0, 0.1) is 12.7 Å². The van der Waals surface area contributed by atoms with Gasteiger partial charge in [0.25, 0.3) is 0 Å². The Labute approximate surface area is 104 Å². The van der Waals surface area contributed by atoms with Crippen molar-refractivity contribution in [2.24, 2.45) is 0 Å². The number of aryl methyl sites for hydroxylation is 1. The van der Waals surface area contributed by atoms with Crippen molar-refractivity contribution in [2.45, 2.75) is 13.5 Å². The zero-order chi connectivity index (χ0) is 13.1. The number of methoxy groups -OCH3 is 1. The summed E-state index contributed by atoms with van der Waals surface area (Å²) in [6, 6.07) is 4.54. The van der Waals surface area contributed by atoms with Gasteiger partial charge < -0.3 is 20.3 Å². The predicted octanol–water partition coefficient (Wildman–Crippen LogP) is 2.33. The summed E-state index contributed by atoms with van der Waals surface area (Å²) in [5, 5.41) is 6.89. The molecule has 0 saturated heterocycles. The molecule has 0 spiro atoms. The smallest absolute Gasteiger partial charge is 0.167 e. The van der Waals surface area contributed by atoms with Gasteiger partial charge in [0.1, 0.15) is 11.5 Å². The van der Waals surface area contributed by atoms with Gasteiger partial charge in [-0.05, 0) is 6.92 Å². The van der Waals surface area contributed by atoms with Gasteiger partial charge in [0.15, 0.2) is 11.6 Å². The van der Waals surface area contributed by atoms with Gasteiger partial charge in [0.2, 0.25) is 0 Å². The summed E-state index contributed by atoms with van der Waals surface area (Å²) < 4.78 is 23.2. The van der Waals surface area contributed by atoms with Crippen LogP contribution in [-0.4, -0.2) is 12.3 Å². The van der Waals surface area contributed by atoms with Crippen LogP contribution in [0.3, 0.4) is 0 Å². The maximum atomic E-state index is 13.3. The number of nitrogen functional groups attached to an aromatic ring is 1. The van der Waals surface area contributed by atoms with Crippen molar-refractivity contribution in [3.05, 3.63) is 35.5 Å². The Morgan fingerprint density at radius 3 is 2.83 bits per heavy atom. The van der Waals surface area contributed by atoms with Crippen LogP contribution in [0.25, 0.3) is 0 Å². The number of hydrogen-bond acceptors (Lipinski definition) is 5. The summed E-state index contributed by atoms with van der Waals surface area (Å²) in [4.78, 5) is 0. The third-order valence-electron chi connectivity index (χ3n) is 2.46. The third-order valence-corrected chi connectivity index (χ3v) is 2.46. The molecule has 2 aromatic rings. The minimum absolute atomic E-state index is 0.142. The first-order valence-corrected chi connectivity index (χ1v) is 5.39. The van der Waals surface area contributed by atoms with Gasteiger partial charge in [-0.25, -0.2) is 4.39 Å². The minimum Gasteiger partial charge on any atom is -0.494 e. The monoisotopic (exact) mass is 251 g/mol. The van der Waals surface area contributed by atoms with Gasteiger partial charge in [-0.15, -0.1) is 0 Å². The van der Waals surface area contributed by atoms with E-state index in [1.807, 2.05) is 13.0 Å². The highest BCUT2D eigenvalue weighted by atomic mass is 19.1. The molecular weight excluding hydrogens is 237 g/mol. The highest BCUT2D eigenvalue weighted by Gasteiger charge is 2.09. The highest BCUT2D eigenvalue weighted by Crippen LogP contribution is 2.28. The van der Waals surface area contributed by atoms with Crippen LogP contribution < -0.4 is 15.8 Å². The molecule has 0 atom stereocenters. The largest absolute Gasteiger partial charge is 0.494 e. The zero-order valence-corrected chi connectivity index (χ0v) is 10.2. The first kappa shape index (κ1) is 12.2. The summed E-state index contributed by atoms with van der Waals surface area (Å²) in [5.41, 5.74) is 7.36. The normalized spacial score (nSPS) is 10.4. The van der Waals surface area contributed by atoms with E-state index in [4.69, 9.17) is 15.0 Å². The average molecular weight is 251 g/mol. The fourth-order valence-electron chi connectivity index (χ4n) is 1.57. The van der Waals surface area contributed by atoms with Crippen LogP contribution in [-0.2, 0) is 6.54 Å². The number of benzene rings is 1. The maximum absolute atomic E-state index is 13.3. The number of rotatable bonds is 4. The molecule has 2 rings (SSSR count). The second-order valence-corrected chi connectivity index (χ2v) is 3.86. The SMILES string of the molecule is COc1cc(NCc2cc(C)on2)c(N)cc1F. The van der Waals surface area contributed by atoms with Crippen molar-refractivity contribution in [3.8, 4) is 5.75 Å². The summed E-state index contributed by atoms with van der Waals surface area (Å²) in [6.45, 7) is 2.25. The molecule has 0 radical (unpaired) electrons. The van der Waals surface area contributed by atoms with Crippen molar-refractivity contribution in [1.82, 2.24) is 5.16 Å². The Balaban J connectivity index is 2.13. The predicted molar refractivity (Wildman–Crippen MR) is 65.9 cm³/mol. The molecular formula is C12H14FN3O2. The molecule has 6 heteroatoms. The highest BCUT2D eigenvalue weighted by molar-refractivity contribution is 5.68. The van der Waals surface area contributed by atoms with E-state index in [9.17, 15) is 4.39 Å². The Morgan fingerprint density at radius 2 is 2.22 bits per heavy atom. The van der Waals surface area contributed by atoms with Crippen LogP contribution in [0.4, 0.5) is 15.8 Å². The Hall–Kier alpha value is -2.24. The molecule has 1 aromatic carbocycles. The van der Waals surface area contributed by atoms with E-state index in [0.717, 1.165) is 11.5 Å². The van der Waals surface area contributed by atoms with Crippen LogP contribution in [0.5, 0.6) is 5.75 Å². The molecule has 1 aromatic heterocycles. The molecule has 3 N–H and O–H groups in total. The van der Waals surface area contributed by atoms with Crippen molar-refractivity contribution < 1.29 is 13.7 Å². The summed E-state index contributed by atoms with van der Waals surface area (Å²) >= 11 is 0. The molecule has 96 valence electrons. The zero-order valence-electron chi connectivity index (χ0n) is 10.2. The first-order valence-electron chi connectivity index (χ1n) is 5.39. The fourth-order valence-corrected chi connectivity index (χ4v) is 1.57. The molecule has 0 saturated carbocycles. The van der Waals surface area contributed by atoms with Gasteiger partial charge in [0, 0.05) is 18.2 Å². The molecule has 0 aliphatic heterocycles. The molecule has 18 heavy (non-hydrogen) atoms. The number of nitrogens with zero attached hydrogens (tertiary/aromatic N) is 1. The molecule has 5 nitrogen and oxygen atoms in total. The number of aromatic nitrogens is 1. The van der Waals surface area contributed by atoms with Crippen LogP contribution in [0.2, 0.25) is 0 Å². The lowest BCUT2D eigenvalue weighted by molar-refractivity contribution is 0.387. The van der Waals surface area contributed by atoms with E-state index in [2.05, 4.69) is 10.5 Å². The topological polar surface area (TPSA) is 73.3 Å². The summed E-state index contributed by atoms with van der Waals surface area (Å²) in [5.74, 6) is 0.386. The summed E-state index contributed by atoms with van der Waals surface area (Å²) in [6.07, 6.45) is 0. The van der Waals surface area contributed by atoms with E-state index < -0.39 is 5.82 Å². The first-order chi connectivity index (χ1) is 8.60. The molecule has 0 fully saturated rings. The van der Waals surface area contributed by atoms with Gasteiger partial charge in [0.05, 0.1) is 25.0 Å². The Kier molecular flexibility index (Phi) is 3.36. The number of halogens is 1. The van der Waals surface area contributed by atoms with E-state index in [0.29, 0.717) is 17.9 Å². The van der Waals surface area contributed by atoms with E-state index in [1.54, 1.807) is 0 Å². The molecule has 1 heterocycles. The van der Waals surface area contributed by atoms with Crippen molar-refractivity contribution in [3.63, 3.8) is 0 Å². The third kappa shape index (κ3) is 2.53. The molecule has 0 aliphatic rings. The van der Waals surface area contributed by atoms with E-state index in [1.165, 1.54) is 19.2 Å². The summed E-state index contributed by atoms with van der Waals surface area (Å²) in [7, 11) is 1.40. The van der Waals surface area contributed by atoms with Crippen LogP contribution in [0.15, 0.2) is 22.7 Å². The van der Waals surface area contributed by atoms with E-state index >= 15 is 0 Å². The minimum atomic E-state index is -0.488. The standard InChI is InChI=1S/C12H14FN3O2/c1-7-3-8(16-18-7)6-15-11-5-12(17-2)9(13)4-10(11)14/h3-5,15H,6,14H2,1-2H3. The van der Waals surface area contributed by atoms with Gasteiger partial charge in [-0.2, -0.15) is 0 Å². The number of nitrogens with two attached hydrogens (primary N) is 1. The second-order valence-electron chi connectivity index (χ2n) is 3.86. The number of hydrogen-bond donors (Lipinski definition) is 2. The van der Waals surface area contributed by atoms with Crippen LogP contribution in [0.1, 0.15) is 11.5 Å². The number of ether oxygens (including phenoxy) is 1.